The Hall–Kier alpha value is -1.14. The fourth-order valence-electron chi connectivity index (χ4n) is 0.835. The third kappa shape index (κ3) is 9.17. The van der Waals surface area contributed by atoms with Gasteiger partial charge in [-0.25, -0.2) is 0 Å². The first-order chi connectivity index (χ1) is 7.20. The minimum absolute atomic E-state index is 0.0315. The second kappa shape index (κ2) is 9.42. The van der Waals surface area contributed by atoms with Gasteiger partial charge in [-0.05, 0) is 0 Å². The van der Waals surface area contributed by atoms with Gasteiger partial charge in [-0.1, -0.05) is 0 Å². The molecule has 0 aromatic rings. The van der Waals surface area contributed by atoms with Crippen molar-refractivity contribution in [3.8, 4) is 0 Å². The molecule has 0 spiro atoms. The maximum atomic E-state index is 11.1. The first-order valence-corrected chi connectivity index (χ1v) is 4.72. The van der Waals surface area contributed by atoms with Crippen LogP contribution >= 0.6 is 0 Å². The summed E-state index contributed by atoms with van der Waals surface area (Å²) in [4.78, 5) is 21.7. The molecule has 6 heteroatoms. The van der Waals surface area contributed by atoms with E-state index < -0.39 is 5.97 Å². The van der Waals surface area contributed by atoms with E-state index in [1.54, 1.807) is 0 Å². The molecule has 0 radical (unpaired) electrons. The molecule has 0 heterocycles. The van der Waals surface area contributed by atoms with E-state index in [1.165, 1.54) is 7.11 Å². The van der Waals surface area contributed by atoms with Crippen molar-refractivity contribution < 1.29 is 24.2 Å². The highest BCUT2D eigenvalue weighted by Gasteiger charge is 2.05. The lowest BCUT2D eigenvalue weighted by molar-refractivity contribution is -0.142. The highest BCUT2D eigenvalue weighted by atomic mass is 16.5. The molecule has 0 aliphatic rings. The molecule has 0 atom stereocenters. The van der Waals surface area contributed by atoms with Crippen LogP contribution in [0.15, 0.2) is 0 Å². The molecule has 1 amide bonds. The number of hydrogen-bond donors (Lipinski definition) is 2. The lowest BCUT2D eigenvalue weighted by Crippen LogP contribution is -2.27. The fraction of sp³-hybridized carbons (Fsp3) is 0.778. The molecule has 0 aromatic carbocycles. The zero-order chi connectivity index (χ0) is 11.5. The molecule has 0 saturated carbocycles. The quantitative estimate of drug-likeness (QED) is 0.407. The number of aliphatic hydroxyl groups is 1. The Morgan fingerprint density at radius 2 is 2.00 bits per heavy atom. The Morgan fingerprint density at radius 1 is 1.27 bits per heavy atom. The highest BCUT2D eigenvalue weighted by molar-refractivity contribution is 5.81. The maximum absolute atomic E-state index is 11.1. The molecule has 0 aliphatic heterocycles. The molecular weight excluding hydrogens is 202 g/mol. The molecule has 0 unspecified atom stereocenters. The van der Waals surface area contributed by atoms with Gasteiger partial charge in [0.15, 0.2) is 0 Å². The van der Waals surface area contributed by atoms with Gasteiger partial charge in [-0.2, -0.15) is 0 Å². The van der Waals surface area contributed by atoms with Crippen molar-refractivity contribution in [2.45, 2.75) is 12.8 Å². The van der Waals surface area contributed by atoms with Crippen LogP contribution in [0, 0.1) is 0 Å². The molecule has 0 saturated heterocycles. The zero-order valence-corrected chi connectivity index (χ0v) is 8.82. The number of carbonyl (C=O) groups excluding carboxylic acids is 2. The van der Waals surface area contributed by atoms with Gasteiger partial charge in [0.1, 0.15) is 0 Å². The number of amides is 1. The third-order valence-corrected chi connectivity index (χ3v) is 1.59. The summed E-state index contributed by atoms with van der Waals surface area (Å²) in [7, 11) is 1.28. The van der Waals surface area contributed by atoms with Crippen LogP contribution in [0.1, 0.15) is 12.8 Å². The summed E-state index contributed by atoms with van der Waals surface area (Å²) in [6, 6.07) is 0. The summed E-state index contributed by atoms with van der Waals surface area (Å²) < 4.78 is 9.31. The van der Waals surface area contributed by atoms with Crippen LogP contribution in [0.25, 0.3) is 0 Å². The van der Waals surface area contributed by atoms with E-state index in [0.717, 1.165) is 0 Å². The van der Waals surface area contributed by atoms with Crippen molar-refractivity contribution in [1.82, 2.24) is 5.32 Å². The molecule has 88 valence electrons. The number of methoxy groups -OCH3 is 1. The molecule has 0 bridgehead atoms. The number of nitrogens with one attached hydrogen (secondary N) is 1. The molecule has 6 nitrogen and oxygen atoms in total. The second-order valence-corrected chi connectivity index (χ2v) is 2.76. The van der Waals surface area contributed by atoms with E-state index >= 15 is 0 Å². The van der Waals surface area contributed by atoms with Crippen molar-refractivity contribution in [2.24, 2.45) is 0 Å². The molecule has 0 fully saturated rings. The number of carbonyl (C=O) groups is 2. The SMILES string of the molecule is COC(=O)CCC(=O)NCCOCCO. The Bertz CT molecular complexity index is 195. The zero-order valence-electron chi connectivity index (χ0n) is 8.82. The number of ether oxygens (including phenoxy) is 2. The third-order valence-electron chi connectivity index (χ3n) is 1.59. The van der Waals surface area contributed by atoms with Crippen molar-refractivity contribution in [2.75, 3.05) is 33.5 Å². The number of rotatable bonds is 8. The van der Waals surface area contributed by atoms with Gasteiger partial charge in [0.25, 0.3) is 0 Å². The summed E-state index contributed by atoms with van der Waals surface area (Å²) in [5, 5.41) is 11.0. The molecular formula is C9H17NO5. The normalized spacial score (nSPS) is 9.73. The van der Waals surface area contributed by atoms with Crippen molar-refractivity contribution in [3.63, 3.8) is 0 Å². The second-order valence-electron chi connectivity index (χ2n) is 2.76. The van der Waals surface area contributed by atoms with Crippen molar-refractivity contribution in [1.29, 1.82) is 0 Å². The van der Waals surface area contributed by atoms with Crippen LogP contribution in [0.3, 0.4) is 0 Å². The lowest BCUT2D eigenvalue weighted by atomic mass is 10.3. The summed E-state index contributed by atoms with van der Waals surface area (Å²) in [6.07, 6.45) is 0.201. The van der Waals surface area contributed by atoms with E-state index in [0.29, 0.717) is 13.2 Å². The molecule has 0 rings (SSSR count). The molecule has 2 N–H and O–H groups in total. The van der Waals surface area contributed by atoms with Gasteiger partial charge < -0.3 is 19.9 Å². The van der Waals surface area contributed by atoms with Crippen LogP contribution in [-0.4, -0.2) is 50.5 Å². The Labute approximate surface area is 88.6 Å². The van der Waals surface area contributed by atoms with Crippen molar-refractivity contribution >= 4 is 11.9 Å². The lowest BCUT2D eigenvalue weighted by Gasteiger charge is -2.04. The van der Waals surface area contributed by atoms with Gasteiger partial charge in [0, 0.05) is 13.0 Å². The summed E-state index contributed by atoms with van der Waals surface area (Å²) in [6.45, 7) is 0.957. The van der Waals surface area contributed by atoms with E-state index in [1.807, 2.05) is 0 Å². The first kappa shape index (κ1) is 13.9. The minimum Gasteiger partial charge on any atom is -0.469 e. The monoisotopic (exact) mass is 219 g/mol. The van der Waals surface area contributed by atoms with E-state index in [2.05, 4.69) is 10.1 Å². The summed E-state index contributed by atoms with van der Waals surface area (Å²) >= 11 is 0. The van der Waals surface area contributed by atoms with E-state index in [9.17, 15) is 9.59 Å². The van der Waals surface area contributed by atoms with Gasteiger partial charge in [-0.3, -0.25) is 9.59 Å². The largest absolute Gasteiger partial charge is 0.469 e. The average molecular weight is 219 g/mol. The van der Waals surface area contributed by atoms with Crippen LogP contribution in [0.4, 0.5) is 0 Å². The van der Waals surface area contributed by atoms with Crippen LogP contribution in [0.5, 0.6) is 0 Å². The molecule has 0 aromatic heterocycles. The average Bonchev–Trinajstić information content (AvgIpc) is 2.25. The van der Waals surface area contributed by atoms with Crippen LogP contribution < -0.4 is 5.32 Å². The standard InChI is InChI=1S/C9H17NO5/c1-14-9(13)3-2-8(12)10-4-6-15-7-5-11/h11H,2-7H2,1H3,(H,10,12). The Balaban J connectivity index is 3.30. The molecule has 0 aliphatic carbocycles. The minimum atomic E-state index is -0.401. The number of esters is 1. The fourth-order valence-corrected chi connectivity index (χ4v) is 0.835. The van der Waals surface area contributed by atoms with E-state index in [4.69, 9.17) is 9.84 Å². The van der Waals surface area contributed by atoms with Gasteiger partial charge in [0.05, 0.1) is 33.4 Å². The van der Waals surface area contributed by atoms with Crippen LogP contribution in [0.2, 0.25) is 0 Å². The van der Waals surface area contributed by atoms with Crippen LogP contribution in [-0.2, 0) is 19.1 Å². The number of aliphatic hydroxyl groups excluding tert-OH is 1. The summed E-state index contributed by atoms with van der Waals surface area (Å²) in [5.41, 5.74) is 0. The smallest absolute Gasteiger partial charge is 0.306 e. The maximum Gasteiger partial charge on any atom is 0.306 e. The predicted molar refractivity (Wildman–Crippen MR) is 52.2 cm³/mol. The molecule has 15 heavy (non-hydrogen) atoms. The Kier molecular flexibility index (Phi) is 8.70. The van der Waals surface area contributed by atoms with Gasteiger partial charge >= 0.3 is 5.97 Å². The summed E-state index contributed by atoms with van der Waals surface area (Å²) in [5.74, 6) is -0.616. The Morgan fingerprint density at radius 3 is 2.60 bits per heavy atom. The predicted octanol–water partition coefficient (Wildman–Crippen LogP) is -0.935. The van der Waals surface area contributed by atoms with Crippen molar-refractivity contribution in [3.05, 3.63) is 0 Å². The van der Waals surface area contributed by atoms with Gasteiger partial charge in [0.2, 0.25) is 5.91 Å². The first-order valence-electron chi connectivity index (χ1n) is 4.72. The van der Waals surface area contributed by atoms with E-state index in [-0.39, 0.29) is 32.0 Å². The van der Waals surface area contributed by atoms with Gasteiger partial charge in [-0.15, -0.1) is 0 Å². The topological polar surface area (TPSA) is 84.9 Å². The number of hydrogen-bond acceptors (Lipinski definition) is 5. The highest BCUT2D eigenvalue weighted by Crippen LogP contribution is 1.91.